The number of aryl methyl sites for hydroxylation is 1. The average Bonchev–Trinajstić information content (AvgIpc) is 2.72. The Bertz CT molecular complexity index is 494. The van der Waals surface area contributed by atoms with E-state index in [1.807, 2.05) is 0 Å². The lowest BCUT2D eigenvalue weighted by atomic mass is 10.2. The molecule has 2 rings (SSSR count). The van der Waals surface area contributed by atoms with Crippen LogP contribution in [0.25, 0.3) is 10.2 Å². The normalized spacial score (nSPS) is 12.9. The summed E-state index contributed by atoms with van der Waals surface area (Å²) in [7, 11) is 0. The first kappa shape index (κ1) is 12.3. The van der Waals surface area contributed by atoms with Crippen molar-refractivity contribution in [3.05, 3.63) is 17.3 Å². The molecule has 0 aliphatic heterocycles. The van der Waals surface area contributed by atoms with Gasteiger partial charge in [0.15, 0.2) is 0 Å². The van der Waals surface area contributed by atoms with Crippen molar-refractivity contribution in [2.75, 3.05) is 11.9 Å². The van der Waals surface area contributed by atoms with Crippen molar-refractivity contribution in [2.45, 2.75) is 32.7 Å². The van der Waals surface area contributed by atoms with E-state index in [2.05, 4.69) is 34.5 Å². The summed E-state index contributed by atoms with van der Waals surface area (Å²) in [6.45, 7) is 5.04. The number of anilines is 1. The van der Waals surface area contributed by atoms with Crippen LogP contribution in [-0.2, 0) is 0 Å². The molecule has 1 atom stereocenters. The molecule has 0 radical (unpaired) electrons. The molecule has 92 valence electrons. The molecule has 0 aliphatic carbocycles. The highest BCUT2D eigenvalue weighted by Crippen LogP contribution is 2.28. The number of nitrogens with two attached hydrogens (primary N) is 1. The number of fused-ring (bicyclic) bond motifs is 1. The maximum Gasteiger partial charge on any atom is 0.147 e. The minimum Gasteiger partial charge on any atom is -0.369 e. The lowest BCUT2D eigenvalue weighted by molar-refractivity contribution is 0.613. The molecule has 0 aliphatic rings. The maximum absolute atomic E-state index is 5.88. The Hall–Kier alpha value is -1.20. The SMILES string of the molecule is CCC(N)CCNc1ncnc2c(C)csc12. The second-order valence-corrected chi connectivity index (χ2v) is 5.08. The van der Waals surface area contributed by atoms with Gasteiger partial charge in [0.25, 0.3) is 0 Å². The molecule has 3 N–H and O–H groups in total. The summed E-state index contributed by atoms with van der Waals surface area (Å²) in [6, 6.07) is 0.268. The highest BCUT2D eigenvalue weighted by atomic mass is 32.1. The summed E-state index contributed by atoms with van der Waals surface area (Å²) in [5, 5.41) is 5.46. The molecule has 4 nitrogen and oxygen atoms in total. The Kier molecular flexibility index (Phi) is 3.91. The fraction of sp³-hybridized carbons (Fsp3) is 0.500. The van der Waals surface area contributed by atoms with Crippen LogP contribution in [0.3, 0.4) is 0 Å². The summed E-state index contributed by atoms with van der Waals surface area (Å²) >= 11 is 1.69. The molecule has 0 bridgehead atoms. The van der Waals surface area contributed by atoms with Crippen LogP contribution < -0.4 is 11.1 Å². The molecule has 5 heteroatoms. The van der Waals surface area contributed by atoms with Gasteiger partial charge in [-0.1, -0.05) is 6.92 Å². The van der Waals surface area contributed by atoms with Gasteiger partial charge in [-0.25, -0.2) is 9.97 Å². The molecular weight excluding hydrogens is 232 g/mol. The minimum atomic E-state index is 0.268. The summed E-state index contributed by atoms with van der Waals surface area (Å²) in [5.74, 6) is 0.927. The predicted octanol–water partition coefficient (Wildman–Crippen LogP) is 2.54. The molecule has 0 amide bonds. The Morgan fingerprint density at radius 1 is 1.47 bits per heavy atom. The maximum atomic E-state index is 5.88. The second kappa shape index (κ2) is 5.42. The number of aromatic nitrogens is 2. The standard InChI is InChI=1S/C12H18N4S/c1-3-9(13)4-5-14-12-11-10(15-7-16-12)8(2)6-17-11/h6-7,9H,3-5,13H2,1-2H3,(H,14,15,16). The molecule has 2 heterocycles. The van der Waals surface area contributed by atoms with E-state index in [0.717, 1.165) is 35.4 Å². The van der Waals surface area contributed by atoms with E-state index in [-0.39, 0.29) is 6.04 Å². The third-order valence-corrected chi connectivity index (χ3v) is 3.96. The topological polar surface area (TPSA) is 63.8 Å². The van der Waals surface area contributed by atoms with Crippen LogP contribution in [0.1, 0.15) is 25.3 Å². The van der Waals surface area contributed by atoms with Crippen molar-refractivity contribution in [1.29, 1.82) is 0 Å². The number of nitrogens with zero attached hydrogens (tertiary/aromatic N) is 2. The Morgan fingerprint density at radius 3 is 3.06 bits per heavy atom. The first-order valence-electron chi connectivity index (χ1n) is 5.90. The van der Waals surface area contributed by atoms with Gasteiger partial charge in [-0.3, -0.25) is 0 Å². The Balaban J connectivity index is 2.08. The molecule has 0 saturated carbocycles. The van der Waals surface area contributed by atoms with E-state index in [4.69, 9.17) is 5.73 Å². The van der Waals surface area contributed by atoms with Gasteiger partial charge in [0.2, 0.25) is 0 Å². The van der Waals surface area contributed by atoms with E-state index in [1.54, 1.807) is 17.7 Å². The number of hydrogen-bond donors (Lipinski definition) is 2. The lowest BCUT2D eigenvalue weighted by Crippen LogP contribution is -2.22. The first-order valence-corrected chi connectivity index (χ1v) is 6.78. The van der Waals surface area contributed by atoms with Crippen LogP contribution >= 0.6 is 11.3 Å². The van der Waals surface area contributed by atoms with E-state index < -0.39 is 0 Å². The lowest BCUT2D eigenvalue weighted by Gasteiger charge is -2.10. The highest BCUT2D eigenvalue weighted by Gasteiger charge is 2.07. The van der Waals surface area contributed by atoms with Crippen molar-refractivity contribution in [1.82, 2.24) is 9.97 Å². The first-order chi connectivity index (χ1) is 8.22. The Labute approximate surface area is 105 Å². The zero-order chi connectivity index (χ0) is 12.3. The number of thiophene rings is 1. The largest absolute Gasteiger partial charge is 0.369 e. The number of rotatable bonds is 5. The third-order valence-electron chi connectivity index (χ3n) is 2.86. The van der Waals surface area contributed by atoms with Crippen LogP contribution in [0.4, 0.5) is 5.82 Å². The Morgan fingerprint density at radius 2 is 2.29 bits per heavy atom. The van der Waals surface area contributed by atoms with Crippen molar-refractivity contribution >= 4 is 27.4 Å². The monoisotopic (exact) mass is 250 g/mol. The molecule has 2 aromatic heterocycles. The second-order valence-electron chi connectivity index (χ2n) is 4.20. The van der Waals surface area contributed by atoms with E-state index in [1.165, 1.54) is 5.56 Å². The van der Waals surface area contributed by atoms with Gasteiger partial charge in [-0.05, 0) is 30.7 Å². The summed E-state index contributed by atoms with van der Waals surface area (Å²) in [5.41, 5.74) is 8.14. The predicted molar refractivity (Wildman–Crippen MR) is 73.5 cm³/mol. The zero-order valence-corrected chi connectivity index (χ0v) is 11.0. The van der Waals surface area contributed by atoms with Crippen molar-refractivity contribution < 1.29 is 0 Å². The van der Waals surface area contributed by atoms with Gasteiger partial charge < -0.3 is 11.1 Å². The summed E-state index contributed by atoms with van der Waals surface area (Å²) < 4.78 is 1.13. The molecule has 1 unspecified atom stereocenters. The molecular formula is C12H18N4S. The van der Waals surface area contributed by atoms with Crippen LogP contribution in [0, 0.1) is 6.92 Å². The van der Waals surface area contributed by atoms with Crippen LogP contribution in [0.15, 0.2) is 11.7 Å². The van der Waals surface area contributed by atoms with Gasteiger partial charge in [0, 0.05) is 12.6 Å². The van der Waals surface area contributed by atoms with Gasteiger partial charge in [0.1, 0.15) is 12.1 Å². The van der Waals surface area contributed by atoms with Gasteiger partial charge in [-0.2, -0.15) is 0 Å². The van der Waals surface area contributed by atoms with Gasteiger partial charge in [0.05, 0.1) is 10.2 Å². The van der Waals surface area contributed by atoms with Crippen LogP contribution in [-0.4, -0.2) is 22.6 Å². The molecule has 17 heavy (non-hydrogen) atoms. The van der Waals surface area contributed by atoms with Crippen LogP contribution in [0.2, 0.25) is 0 Å². The van der Waals surface area contributed by atoms with Crippen molar-refractivity contribution in [2.24, 2.45) is 5.73 Å². The average molecular weight is 250 g/mol. The molecule has 0 fully saturated rings. The van der Waals surface area contributed by atoms with Crippen molar-refractivity contribution in [3.63, 3.8) is 0 Å². The van der Waals surface area contributed by atoms with Crippen LogP contribution in [0.5, 0.6) is 0 Å². The smallest absolute Gasteiger partial charge is 0.147 e. The fourth-order valence-electron chi connectivity index (χ4n) is 1.68. The molecule has 0 aromatic carbocycles. The molecule has 0 spiro atoms. The number of hydrogen-bond acceptors (Lipinski definition) is 5. The van der Waals surface area contributed by atoms with Gasteiger partial charge in [-0.15, -0.1) is 11.3 Å². The molecule has 2 aromatic rings. The summed E-state index contributed by atoms with van der Waals surface area (Å²) in [4.78, 5) is 8.59. The van der Waals surface area contributed by atoms with E-state index in [0.29, 0.717) is 0 Å². The highest BCUT2D eigenvalue weighted by molar-refractivity contribution is 7.18. The van der Waals surface area contributed by atoms with Gasteiger partial charge >= 0.3 is 0 Å². The van der Waals surface area contributed by atoms with E-state index >= 15 is 0 Å². The third kappa shape index (κ3) is 2.73. The number of nitrogens with one attached hydrogen (secondary N) is 1. The quantitative estimate of drug-likeness (QED) is 0.856. The minimum absolute atomic E-state index is 0.268. The fourth-order valence-corrected chi connectivity index (χ4v) is 2.64. The molecule has 0 saturated heterocycles. The van der Waals surface area contributed by atoms with E-state index in [9.17, 15) is 0 Å². The summed E-state index contributed by atoms with van der Waals surface area (Å²) in [6.07, 6.45) is 3.59. The zero-order valence-electron chi connectivity index (χ0n) is 10.2. The van der Waals surface area contributed by atoms with Crippen molar-refractivity contribution in [3.8, 4) is 0 Å².